The lowest BCUT2D eigenvalue weighted by Gasteiger charge is -2.27. The number of anilines is 1. The lowest BCUT2D eigenvalue weighted by Crippen LogP contribution is -2.37. The predicted octanol–water partition coefficient (Wildman–Crippen LogP) is 2.50. The maximum atomic E-state index is 12.6. The molecule has 0 atom stereocenters. The highest BCUT2D eigenvalue weighted by Gasteiger charge is 2.38. The summed E-state index contributed by atoms with van der Waals surface area (Å²) < 4.78 is 37.8. The molecule has 0 aromatic heterocycles. The van der Waals surface area contributed by atoms with E-state index in [0.717, 1.165) is 12.8 Å². The largest absolute Gasteiger partial charge is 0.405 e. The molecule has 1 aliphatic rings. The Hall–Kier alpha value is -1.72. The van der Waals surface area contributed by atoms with Gasteiger partial charge in [-0.15, -0.1) is 0 Å². The molecule has 1 aromatic carbocycles. The van der Waals surface area contributed by atoms with Gasteiger partial charge >= 0.3 is 6.18 Å². The van der Waals surface area contributed by atoms with Gasteiger partial charge in [0.2, 0.25) is 0 Å². The molecule has 1 aromatic rings. The van der Waals surface area contributed by atoms with E-state index < -0.39 is 12.7 Å². The molecule has 6 heteroatoms. The Balaban J connectivity index is 2.33. The summed E-state index contributed by atoms with van der Waals surface area (Å²) in [6.07, 6.45) is -2.75. The maximum absolute atomic E-state index is 12.6. The van der Waals surface area contributed by atoms with Crippen LogP contribution in [-0.4, -0.2) is 24.6 Å². The summed E-state index contributed by atoms with van der Waals surface area (Å²) >= 11 is 0. The first-order valence-electron chi connectivity index (χ1n) is 5.65. The number of nitrogen functional groups attached to an aromatic ring is 1. The Morgan fingerprint density at radius 3 is 2.44 bits per heavy atom. The standard InChI is InChI=1S/C12H14F3N3/c13-12(14,15)7-18(8-5-6-8)10-4-2-1-3-9(10)11(16)17/h1-4,8H,5-7H2,(H3,16,17). The van der Waals surface area contributed by atoms with Crippen molar-refractivity contribution >= 4 is 11.5 Å². The predicted molar refractivity (Wildman–Crippen MR) is 63.9 cm³/mol. The monoisotopic (exact) mass is 257 g/mol. The molecule has 18 heavy (non-hydrogen) atoms. The molecular weight excluding hydrogens is 243 g/mol. The van der Waals surface area contributed by atoms with Crippen molar-refractivity contribution in [3.05, 3.63) is 29.8 Å². The quantitative estimate of drug-likeness (QED) is 0.643. The van der Waals surface area contributed by atoms with Crippen molar-refractivity contribution in [1.29, 1.82) is 5.41 Å². The number of para-hydroxylation sites is 1. The normalized spacial score (nSPS) is 15.5. The van der Waals surface area contributed by atoms with E-state index in [1.807, 2.05) is 0 Å². The molecule has 0 saturated heterocycles. The second kappa shape index (κ2) is 4.51. The van der Waals surface area contributed by atoms with Gasteiger partial charge in [-0.1, -0.05) is 12.1 Å². The van der Waals surface area contributed by atoms with Gasteiger partial charge in [0.05, 0.1) is 0 Å². The first-order valence-corrected chi connectivity index (χ1v) is 5.65. The molecule has 0 amide bonds. The molecule has 0 heterocycles. The Kier molecular flexibility index (Phi) is 3.19. The highest BCUT2D eigenvalue weighted by molar-refractivity contribution is 6.00. The number of alkyl halides is 3. The van der Waals surface area contributed by atoms with E-state index in [2.05, 4.69) is 0 Å². The number of hydrogen-bond acceptors (Lipinski definition) is 2. The van der Waals surface area contributed by atoms with Gasteiger partial charge in [-0.3, -0.25) is 5.41 Å². The molecule has 1 fully saturated rings. The summed E-state index contributed by atoms with van der Waals surface area (Å²) in [5.41, 5.74) is 6.16. The summed E-state index contributed by atoms with van der Waals surface area (Å²) in [7, 11) is 0. The van der Waals surface area contributed by atoms with Gasteiger partial charge in [0.25, 0.3) is 0 Å². The third-order valence-electron chi connectivity index (χ3n) is 2.84. The minimum absolute atomic E-state index is 0.0906. The number of hydrogen-bond donors (Lipinski definition) is 2. The molecule has 98 valence electrons. The zero-order valence-corrected chi connectivity index (χ0v) is 9.67. The number of amidine groups is 1. The number of rotatable bonds is 4. The van der Waals surface area contributed by atoms with E-state index in [1.54, 1.807) is 24.3 Å². The summed E-state index contributed by atoms with van der Waals surface area (Å²) in [5.74, 6) is -0.210. The van der Waals surface area contributed by atoms with Crippen LogP contribution in [0.15, 0.2) is 24.3 Å². The lowest BCUT2D eigenvalue weighted by atomic mass is 10.1. The van der Waals surface area contributed by atoms with Gasteiger partial charge in [-0.05, 0) is 25.0 Å². The fourth-order valence-corrected chi connectivity index (χ4v) is 1.94. The first kappa shape index (κ1) is 12.7. The van der Waals surface area contributed by atoms with E-state index in [4.69, 9.17) is 11.1 Å². The van der Waals surface area contributed by atoms with Gasteiger partial charge in [-0.25, -0.2) is 0 Å². The van der Waals surface area contributed by atoms with Crippen molar-refractivity contribution in [2.45, 2.75) is 25.1 Å². The summed E-state index contributed by atoms with van der Waals surface area (Å²) in [5, 5.41) is 7.43. The molecule has 1 saturated carbocycles. The van der Waals surface area contributed by atoms with Gasteiger partial charge in [0.15, 0.2) is 0 Å². The van der Waals surface area contributed by atoms with Crippen LogP contribution in [0.25, 0.3) is 0 Å². The van der Waals surface area contributed by atoms with Crippen LogP contribution < -0.4 is 10.6 Å². The zero-order chi connectivity index (χ0) is 13.3. The van der Waals surface area contributed by atoms with Crippen LogP contribution in [0.4, 0.5) is 18.9 Å². The molecule has 0 spiro atoms. The van der Waals surface area contributed by atoms with E-state index in [0.29, 0.717) is 11.3 Å². The second-order valence-electron chi connectivity index (χ2n) is 4.41. The lowest BCUT2D eigenvalue weighted by molar-refractivity contribution is -0.120. The molecule has 2 rings (SSSR count). The van der Waals surface area contributed by atoms with Crippen LogP contribution in [0.2, 0.25) is 0 Å². The van der Waals surface area contributed by atoms with Crippen molar-refractivity contribution in [2.75, 3.05) is 11.4 Å². The van der Waals surface area contributed by atoms with E-state index >= 15 is 0 Å². The molecule has 3 N–H and O–H groups in total. The van der Waals surface area contributed by atoms with Crippen molar-refractivity contribution < 1.29 is 13.2 Å². The van der Waals surface area contributed by atoms with E-state index in [1.165, 1.54) is 4.90 Å². The van der Waals surface area contributed by atoms with Crippen molar-refractivity contribution in [2.24, 2.45) is 5.73 Å². The zero-order valence-electron chi connectivity index (χ0n) is 9.67. The van der Waals surface area contributed by atoms with E-state index in [-0.39, 0.29) is 11.9 Å². The third kappa shape index (κ3) is 2.94. The van der Waals surface area contributed by atoms with Crippen molar-refractivity contribution in [3.8, 4) is 0 Å². The van der Waals surface area contributed by atoms with Gasteiger partial charge in [0.1, 0.15) is 12.4 Å². The number of halogens is 3. The highest BCUT2D eigenvalue weighted by atomic mass is 19.4. The van der Waals surface area contributed by atoms with Crippen LogP contribution in [0.3, 0.4) is 0 Å². The van der Waals surface area contributed by atoms with Gasteiger partial charge in [-0.2, -0.15) is 13.2 Å². The highest BCUT2D eigenvalue weighted by Crippen LogP contribution is 2.35. The molecule has 0 unspecified atom stereocenters. The van der Waals surface area contributed by atoms with Crippen LogP contribution in [0.5, 0.6) is 0 Å². The average molecular weight is 257 g/mol. The number of benzene rings is 1. The SMILES string of the molecule is N=C(N)c1ccccc1N(CC(F)(F)F)C1CC1. The fraction of sp³-hybridized carbons (Fsp3) is 0.417. The van der Waals surface area contributed by atoms with Crippen LogP contribution in [-0.2, 0) is 0 Å². The summed E-state index contributed by atoms with van der Waals surface area (Å²) in [4.78, 5) is 1.30. The summed E-state index contributed by atoms with van der Waals surface area (Å²) in [6.45, 7) is -0.998. The Labute approximate surface area is 103 Å². The number of nitrogens with one attached hydrogen (secondary N) is 1. The fourth-order valence-electron chi connectivity index (χ4n) is 1.94. The van der Waals surface area contributed by atoms with E-state index in [9.17, 15) is 13.2 Å². The number of nitrogens with zero attached hydrogens (tertiary/aromatic N) is 1. The minimum Gasteiger partial charge on any atom is -0.384 e. The molecular formula is C12H14F3N3. The number of nitrogens with two attached hydrogens (primary N) is 1. The molecule has 3 nitrogen and oxygen atoms in total. The maximum Gasteiger partial charge on any atom is 0.405 e. The van der Waals surface area contributed by atoms with Crippen LogP contribution >= 0.6 is 0 Å². The minimum atomic E-state index is -4.26. The smallest absolute Gasteiger partial charge is 0.384 e. The molecule has 0 radical (unpaired) electrons. The topological polar surface area (TPSA) is 53.1 Å². The van der Waals surface area contributed by atoms with Crippen LogP contribution in [0, 0.1) is 5.41 Å². The Morgan fingerprint density at radius 2 is 1.94 bits per heavy atom. The first-order chi connectivity index (χ1) is 8.38. The van der Waals surface area contributed by atoms with Crippen molar-refractivity contribution in [3.63, 3.8) is 0 Å². The molecule has 1 aliphatic carbocycles. The average Bonchev–Trinajstić information content (AvgIpc) is 3.08. The Morgan fingerprint density at radius 1 is 1.33 bits per heavy atom. The molecule has 0 bridgehead atoms. The Bertz CT molecular complexity index is 452. The second-order valence-corrected chi connectivity index (χ2v) is 4.41. The van der Waals surface area contributed by atoms with Gasteiger partial charge < -0.3 is 10.6 Å². The van der Waals surface area contributed by atoms with Crippen LogP contribution in [0.1, 0.15) is 18.4 Å². The van der Waals surface area contributed by atoms with Crippen molar-refractivity contribution in [1.82, 2.24) is 0 Å². The summed E-state index contributed by atoms with van der Waals surface area (Å²) in [6, 6.07) is 6.39. The van der Waals surface area contributed by atoms with Gasteiger partial charge in [0, 0.05) is 17.3 Å². The molecule has 0 aliphatic heterocycles. The third-order valence-corrected chi connectivity index (χ3v) is 2.84.